The predicted octanol–water partition coefficient (Wildman–Crippen LogP) is 1.56. The Morgan fingerprint density at radius 2 is 1.71 bits per heavy atom. The van der Waals surface area contributed by atoms with Crippen molar-refractivity contribution in [1.82, 2.24) is 4.90 Å². The SMILES string of the molecule is CC(C)=CCC\C(C)=C/C=N/N=C(/N)[S-].O=C([O-])CN1C(=O)c2ccccc2C1=O.[Zn+2]. The summed E-state index contributed by atoms with van der Waals surface area (Å²) >= 11 is 4.54. The van der Waals surface area contributed by atoms with Crippen LogP contribution in [-0.2, 0) is 36.9 Å². The molecule has 0 aliphatic carbocycles. The average Bonchev–Trinajstić information content (AvgIpc) is 2.90. The fraction of sp³-hybridized carbons (Fsp3) is 0.286. The molecule has 2 N–H and O–H groups in total. The van der Waals surface area contributed by atoms with Crippen molar-refractivity contribution in [2.24, 2.45) is 15.9 Å². The van der Waals surface area contributed by atoms with Crippen molar-refractivity contribution in [1.29, 1.82) is 0 Å². The Kier molecular flexibility index (Phi) is 13.1. The van der Waals surface area contributed by atoms with Gasteiger partial charge in [-0.3, -0.25) is 14.5 Å². The second-order valence-electron chi connectivity index (χ2n) is 6.65. The van der Waals surface area contributed by atoms with Crippen LogP contribution < -0.4 is 10.8 Å². The number of carboxylic acid groups (broad SMARTS) is 1. The number of nitrogens with zero attached hydrogens (tertiary/aromatic N) is 3. The maximum Gasteiger partial charge on any atom is 2.00 e. The summed E-state index contributed by atoms with van der Waals surface area (Å²) in [4.78, 5) is 34.1. The van der Waals surface area contributed by atoms with E-state index in [1.807, 2.05) is 6.08 Å². The first-order valence-corrected chi connectivity index (χ1v) is 9.52. The van der Waals surface area contributed by atoms with Gasteiger partial charge in [-0.15, -0.1) is 0 Å². The smallest absolute Gasteiger partial charge is 0.741 e. The van der Waals surface area contributed by atoms with Gasteiger partial charge in [-0.25, -0.2) is 0 Å². The van der Waals surface area contributed by atoms with Crippen LogP contribution in [0.25, 0.3) is 0 Å². The van der Waals surface area contributed by atoms with Crippen LogP contribution in [0.15, 0.2) is 57.8 Å². The van der Waals surface area contributed by atoms with E-state index in [-0.39, 0.29) is 35.8 Å². The number of carbonyl (C=O) groups excluding carboxylic acids is 3. The topological polar surface area (TPSA) is 128 Å². The molecular formula is C21H24N4O4SZn. The number of nitrogens with two attached hydrogens (primary N) is 1. The van der Waals surface area contributed by atoms with Crippen LogP contribution in [0.1, 0.15) is 54.3 Å². The minimum absolute atomic E-state index is 0. The quantitative estimate of drug-likeness (QED) is 0.117. The number of fused-ring (bicyclic) bond motifs is 1. The summed E-state index contributed by atoms with van der Waals surface area (Å²) in [6.07, 6.45) is 7.83. The third-order valence-corrected chi connectivity index (χ3v) is 3.92. The summed E-state index contributed by atoms with van der Waals surface area (Å²) in [5, 5.41) is 17.6. The summed E-state index contributed by atoms with van der Waals surface area (Å²) in [6, 6.07) is 6.22. The first kappa shape index (κ1) is 28.3. The molecule has 0 fully saturated rings. The minimum Gasteiger partial charge on any atom is -0.741 e. The molecule has 0 unspecified atom stereocenters. The van der Waals surface area contributed by atoms with Gasteiger partial charge in [-0.2, -0.15) is 10.2 Å². The van der Waals surface area contributed by atoms with Gasteiger partial charge in [0.1, 0.15) is 0 Å². The zero-order chi connectivity index (χ0) is 22.7. The Labute approximate surface area is 200 Å². The summed E-state index contributed by atoms with van der Waals surface area (Å²) in [5.74, 6) is -2.62. The molecule has 0 saturated carbocycles. The van der Waals surface area contributed by atoms with E-state index in [0.717, 1.165) is 12.8 Å². The maximum absolute atomic E-state index is 11.6. The fourth-order valence-corrected chi connectivity index (χ4v) is 2.48. The van der Waals surface area contributed by atoms with E-state index in [1.54, 1.807) is 18.3 Å². The molecule has 2 amide bonds. The largest absolute Gasteiger partial charge is 2.00 e. The number of amides is 2. The first-order valence-electron chi connectivity index (χ1n) is 9.11. The Balaban J connectivity index is 0.000000562. The van der Waals surface area contributed by atoms with Gasteiger partial charge in [0.2, 0.25) is 0 Å². The number of benzene rings is 1. The second kappa shape index (κ2) is 14.3. The van der Waals surface area contributed by atoms with Crippen molar-refractivity contribution in [3.8, 4) is 0 Å². The van der Waals surface area contributed by atoms with E-state index in [9.17, 15) is 19.5 Å². The van der Waals surface area contributed by atoms with Crippen LogP contribution in [0.2, 0.25) is 0 Å². The molecule has 1 aromatic rings. The molecule has 0 atom stereocenters. The molecule has 31 heavy (non-hydrogen) atoms. The van der Waals surface area contributed by atoms with E-state index in [4.69, 9.17) is 5.73 Å². The van der Waals surface area contributed by atoms with Crippen LogP contribution in [-0.4, -0.2) is 40.6 Å². The first-order chi connectivity index (χ1) is 14.1. The zero-order valence-corrected chi connectivity index (χ0v) is 21.6. The van der Waals surface area contributed by atoms with Crippen molar-refractivity contribution in [3.05, 3.63) is 58.7 Å². The van der Waals surface area contributed by atoms with Crippen LogP contribution in [0.3, 0.4) is 0 Å². The Bertz CT molecular complexity index is 883. The Morgan fingerprint density at radius 3 is 2.16 bits per heavy atom. The molecule has 1 aliphatic rings. The van der Waals surface area contributed by atoms with Crippen molar-refractivity contribution < 1.29 is 39.0 Å². The van der Waals surface area contributed by atoms with E-state index in [0.29, 0.717) is 4.90 Å². The van der Waals surface area contributed by atoms with Gasteiger partial charge < -0.3 is 28.3 Å². The molecular weight excluding hydrogens is 470 g/mol. The van der Waals surface area contributed by atoms with E-state index >= 15 is 0 Å². The molecule has 0 aromatic heterocycles. The van der Waals surface area contributed by atoms with Gasteiger partial charge >= 0.3 is 19.5 Å². The van der Waals surface area contributed by atoms with E-state index in [2.05, 4.69) is 49.7 Å². The zero-order valence-electron chi connectivity index (χ0n) is 17.8. The number of imide groups is 1. The van der Waals surface area contributed by atoms with Crippen molar-refractivity contribution >= 4 is 41.8 Å². The van der Waals surface area contributed by atoms with E-state index in [1.165, 1.54) is 23.3 Å². The van der Waals surface area contributed by atoms with Crippen molar-refractivity contribution in [3.63, 3.8) is 0 Å². The van der Waals surface area contributed by atoms with Crippen molar-refractivity contribution in [2.45, 2.75) is 33.6 Å². The molecule has 1 aliphatic heterocycles. The molecule has 160 valence electrons. The maximum atomic E-state index is 11.6. The molecule has 0 bridgehead atoms. The minimum atomic E-state index is -1.45. The Morgan fingerprint density at radius 1 is 1.16 bits per heavy atom. The molecule has 1 heterocycles. The third-order valence-electron chi connectivity index (χ3n) is 3.84. The number of amidine groups is 1. The van der Waals surface area contributed by atoms with Crippen LogP contribution in [0, 0.1) is 0 Å². The predicted molar refractivity (Wildman–Crippen MR) is 117 cm³/mol. The second-order valence-corrected chi connectivity index (χ2v) is 7.07. The number of rotatable bonds is 7. The summed E-state index contributed by atoms with van der Waals surface area (Å²) in [6.45, 7) is 5.56. The van der Waals surface area contributed by atoms with E-state index < -0.39 is 24.3 Å². The summed E-state index contributed by atoms with van der Waals surface area (Å²) in [5.41, 5.74) is 8.23. The number of hydrogen-bond acceptors (Lipinski definition) is 7. The summed E-state index contributed by atoms with van der Waals surface area (Å²) in [7, 11) is 0. The average molecular weight is 494 g/mol. The third kappa shape index (κ3) is 10.2. The summed E-state index contributed by atoms with van der Waals surface area (Å²) < 4.78 is 0. The van der Waals surface area contributed by atoms with Gasteiger partial charge in [0.25, 0.3) is 11.8 Å². The monoisotopic (exact) mass is 492 g/mol. The number of hydrogen-bond donors (Lipinski definition) is 1. The van der Waals surface area contributed by atoms with Gasteiger partial charge in [0.05, 0.1) is 23.6 Å². The molecule has 10 heteroatoms. The van der Waals surface area contributed by atoms with Crippen molar-refractivity contribution in [2.75, 3.05) is 6.54 Å². The van der Waals surface area contributed by atoms with Gasteiger partial charge in [-0.1, -0.05) is 29.4 Å². The van der Waals surface area contributed by atoms with Crippen LogP contribution >= 0.6 is 0 Å². The van der Waals surface area contributed by atoms with Gasteiger partial charge in [0, 0.05) is 6.21 Å². The molecule has 0 saturated heterocycles. The molecule has 2 rings (SSSR count). The number of allylic oxidation sites excluding steroid dienone is 4. The standard InChI is InChI=1S/C11H19N3S.C10H7NO4.Zn/c1-9(2)5-4-6-10(3)7-8-13-14-11(12)15;12-8(13)5-11-9(14)6-3-1-2-4-7(6)10(11)15;/h5,7-8H,4,6H2,1-3H3,(H3,12,14,15);1-4H,5H2,(H,12,13);/q;;+2/p-2/b10-7-,13-8+;;. The molecule has 0 spiro atoms. The number of carboxylic acids is 1. The number of carbonyl (C=O) groups is 3. The molecule has 8 nitrogen and oxygen atoms in total. The molecule has 0 radical (unpaired) electrons. The van der Waals surface area contributed by atoms with Gasteiger partial charge in [-0.05, 0) is 57.0 Å². The fourth-order valence-electron chi connectivity index (χ4n) is 2.43. The molecule has 1 aromatic carbocycles. The normalized spacial score (nSPS) is 13.3. The van der Waals surface area contributed by atoms with Crippen LogP contribution in [0.4, 0.5) is 0 Å². The van der Waals surface area contributed by atoms with Crippen LogP contribution in [0.5, 0.6) is 0 Å². The van der Waals surface area contributed by atoms with Gasteiger partial charge in [0.15, 0.2) is 0 Å². The Hall–Kier alpha value is -2.71. The number of aliphatic carboxylic acids is 1.